The van der Waals surface area contributed by atoms with Gasteiger partial charge in [0.1, 0.15) is 0 Å². The highest BCUT2D eigenvalue weighted by molar-refractivity contribution is 9.10. The van der Waals surface area contributed by atoms with Crippen molar-refractivity contribution >= 4 is 49.3 Å². The number of hydrogen-bond donors (Lipinski definition) is 1. The van der Waals surface area contributed by atoms with Crippen LogP contribution in [0.4, 0.5) is 5.69 Å². The molecule has 0 spiro atoms. The first-order valence-electron chi connectivity index (χ1n) is 7.41. The Balaban J connectivity index is 2.08. The summed E-state index contributed by atoms with van der Waals surface area (Å²) in [4.78, 5) is 13.3. The number of amides is 1. The fraction of sp³-hybridized carbons (Fsp3) is 0.235. The molecule has 2 rings (SSSR count). The van der Waals surface area contributed by atoms with Crippen molar-refractivity contribution < 1.29 is 13.2 Å². The molecule has 1 N–H and O–H groups in total. The lowest BCUT2D eigenvalue weighted by molar-refractivity contribution is -0.116. The lowest BCUT2D eigenvalue weighted by atomic mass is 10.2. The third-order valence-corrected chi connectivity index (χ3v) is 5.86. The Morgan fingerprint density at radius 2 is 1.88 bits per heavy atom. The summed E-state index contributed by atoms with van der Waals surface area (Å²) in [7, 11) is -3.52. The van der Waals surface area contributed by atoms with Crippen LogP contribution in [0, 0.1) is 0 Å². The monoisotopic (exact) mass is 442 g/mol. The maximum Gasteiger partial charge on any atom is 0.239 e. The van der Waals surface area contributed by atoms with Crippen LogP contribution in [-0.4, -0.2) is 37.7 Å². The molecular formula is C17H19BrN2O3S2. The minimum atomic E-state index is -3.52. The molecule has 5 nitrogen and oxygen atoms in total. The second kappa shape index (κ2) is 8.84. The number of nitrogens with zero attached hydrogens (tertiary/aromatic N) is 1. The minimum Gasteiger partial charge on any atom is -0.325 e. The molecule has 0 saturated heterocycles. The fourth-order valence-electron chi connectivity index (χ4n) is 2.15. The highest BCUT2D eigenvalue weighted by Crippen LogP contribution is 2.19. The molecule has 134 valence electrons. The molecular weight excluding hydrogens is 424 g/mol. The molecule has 2 aromatic carbocycles. The highest BCUT2D eigenvalue weighted by atomic mass is 79.9. The summed E-state index contributed by atoms with van der Waals surface area (Å²) < 4.78 is 26.1. The fourth-order valence-corrected chi connectivity index (χ4v) is 3.60. The zero-order valence-corrected chi connectivity index (χ0v) is 17.1. The first-order chi connectivity index (χ1) is 11.8. The Morgan fingerprint density at radius 1 is 1.20 bits per heavy atom. The smallest absolute Gasteiger partial charge is 0.239 e. The van der Waals surface area contributed by atoms with E-state index < -0.39 is 10.0 Å². The van der Waals surface area contributed by atoms with E-state index in [4.69, 9.17) is 0 Å². The molecule has 0 aliphatic heterocycles. The van der Waals surface area contributed by atoms with Gasteiger partial charge in [0.15, 0.2) is 0 Å². The van der Waals surface area contributed by atoms with Gasteiger partial charge in [-0.15, -0.1) is 11.8 Å². The number of hydrogen-bond acceptors (Lipinski definition) is 4. The van der Waals surface area contributed by atoms with Gasteiger partial charge < -0.3 is 5.32 Å². The van der Waals surface area contributed by atoms with Gasteiger partial charge in [-0.3, -0.25) is 4.79 Å². The van der Waals surface area contributed by atoms with Crippen molar-refractivity contribution in [3.63, 3.8) is 0 Å². The SMILES string of the molecule is CSc1cccc(NC(=O)CN(Cc2ccc(Br)cc2)S(C)(=O)=O)c1. The predicted octanol–water partition coefficient (Wildman–Crippen LogP) is 3.57. The van der Waals surface area contributed by atoms with E-state index in [1.807, 2.05) is 48.7 Å². The van der Waals surface area contributed by atoms with Crippen molar-refractivity contribution in [3.8, 4) is 0 Å². The van der Waals surface area contributed by atoms with E-state index in [1.165, 1.54) is 0 Å². The van der Waals surface area contributed by atoms with Crippen molar-refractivity contribution in [2.75, 3.05) is 24.4 Å². The van der Waals surface area contributed by atoms with Gasteiger partial charge in [-0.2, -0.15) is 4.31 Å². The Morgan fingerprint density at radius 3 is 2.48 bits per heavy atom. The minimum absolute atomic E-state index is 0.143. The quantitative estimate of drug-likeness (QED) is 0.665. The summed E-state index contributed by atoms with van der Waals surface area (Å²) in [6, 6.07) is 14.7. The second-order valence-electron chi connectivity index (χ2n) is 5.44. The van der Waals surface area contributed by atoms with E-state index in [0.717, 1.165) is 25.5 Å². The summed E-state index contributed by atoms with van der Waals surface area (Å²) in [5.74, 6) is -0.374. The number of benzene rings is 2. The molecule has 0 bridgehead atoms. The number of carbonyl (C=O) groups excluding carboxylic acids is 1. The number of thioether (sulfide) groups is 1. The van der Waals surface area contributed by atoms with Crippen molar-refractivity contribution in [1.29, 1.82) is 0 Å². The number of halogens is 1. The molecule has 0 unspecified atom stereocenters. The number of sulfonamides is 1. The number of anilines is 1. The maximum atomic E-state index is 12.3. The number of carbonyl (C=O) groups is 1. The van der Waals surface area contributed by atoms with Gasteiger partial charge in [0.05, 0.1) is 12.8 Å². The van der Waals surface area contributed by atoms with E-state index in [0.29, 0.717) is 5.69 Å². The Kier molecular flexibility index (Phi) is 7.06. The van der Waals surface area contributed by atoms with Gasteiger partial charge >= 0.3 is 0 Å². The van der Waals surface area contributed by atoms with Crippen LogP contribution in [0.5, 0.6) is 0 Å². The van der Waals surface area contributed by atoms with Gasteiger partial charge in [-0.05, 0) is 42.2 Å². The number of nitrogens with one attached hydrogen (secondary N) is 1. The zero-order chi connectivity index (χ0) is 18.4. The average molecular weight is 443 g/mol. The lowest BCUT2D eigenvalue weighted by Gasteiger charge is -2.19. The van der Waals surface area contributed by atoms with Gasteiger partial charge in [0, 0.05) is 21.6 Å². The van der Waals surface area contributed by atoms with E-state index in [9.17, 15) is 13.2 Å². The normalized spacial score (nSPS) is 11.5. The average Bonchev–Trinajstić information content (AvgIpc) is 2.55. The molecule has 1 amide bonds. The Hall–Kier alpha value is -1.35. The largest absolute Gasteiger partial charge is 0.325 e. The zero-order valence-electron chi connectivity index (χ0n) is 13.9. The molecule has 0 aromatic heterocycles. The highest BCUT2D eigenvalue weighted by Gasteiger charge is 2.20. The first-order valence-corrected chi connectivity index (χ1v) is 11.3. The van der Waals surface area contributed by atoms with Gasteiger partial charge in [0.2, 0.25) is 15.9 Å². The van der Waals surface area contributed by atoms with Crippen LogP contribution in [0.1, 0.15) is 5.56 Å². The van der Waals surface area contributed by atoms with E-state index in [-0.39, 0.29) is 19.0 Å². The van der Waals surface area contributed by atoms with Crippen molar-refractivity contribution in [2.24, 2.45) is 0 Å². The Bertz CT molecular complexity index is 839. The molecule has 0 aliphatic carbocycles. The summed E-state index contributed by atoms with van der Waals surface area (Å²) >= 11 is 4.91. The summed E-state index contributed by atoms with van der Waals surface area (Å²) in [5.41, 5.74) is 1.46. The molecule has 0 heterocycles. The summed E-state index contributed by atoms with van der Waals surface area (Å²) in [6.07, 6.45) is 3.05. The van der Waals surface area contributed by atoms with Crippen LogP contribution >= 0.6 is 27.7 Å². The van der Waals surface area contributed by atoms with Crippen molar-refractivity contribution in [2.45, 2.75) is 11.4 Å². The van der Waals surface area contributed by atoms with Crippen molar-refractivity contribution in [3.05, 3.63) is 58.6 Å². The third kappa shape index (κ3) is 6.47. The van der Waals surface area contributed by atoms with E-state index in [1.54, 1.807) is 17.8 Å². The second-order valence-corrected chi connectivity index (χ2v) is 9.22. The topological polar surface area (TPSA) is 66.5 Å². The molecule has 2 aromatic rings. The van der Waals surface area contributed by atoms with Crippen LogP contribution in [0.3, 0.4) is 0 Å². The predicted molar refractivity (Wildman–Crippen MR) is 106 cm³/mol. The molecule has 0 atom stereocenters. The summed E-state index contributed by atoms with van der Waals surface area (Å²) in [6.45, 7) is -0.0945. The van der Waals surface area contributed by atoms with Crippen LogP contribution < -0.4 is 5.32 Å². The lowest BCUT2D eigenvalue weighted by Crippen LogP contribution is -2.36. The molecule has 0 radical (unpaired) electrons. The van der Waals surface area contributed by atoms with Crippen LogP contribution in [0.15, 0.2) is 57.9 Å². The van der Waals surface area contributed by atoms with E-state index in [2.05, 4.69) is 21.2 Å². The molecule has 8 heteroatoms. The van der Waals surface area contributed by atoms with Gasteiger partial charge in [-0.1, -0.05) is 34.1 Å². The molecule has 0 fully saturated rings. The molecule has 0 aliphatic rings. The first kappa shape index (κ1) is 20.0. The van der Waals surface area contributed by atoms with E-state index >= 15 is 0 Å². The molecule has 0 saturated carbocycles. The Labute approximate surface area is 161 Å². The third-order valence-electron chi connectivity index (χ3n) is 3.41. The van der Waals surface area contributed by atoms with Crippen LogP contribution in [0.2, 0.25) is 0 Å². The van der Waals surface area contributed by atoms with Gasteiger partial charge in [0.25, 0.3) is 0 Å². The standard InChI is InChI=1S/C17H19BrN2O3S2/c1-24-16-5-3-4-15(10-16)19-17(21)12-20(25(2,22)23)11-13-6-8-14(18)9-7-13/h3-10H,11-12H2,1-2H3,(H,19,21). The van der Waals surface area contributed by atoms with Crippen molar-refractivity contribution in [1.82, 2.24) is 4.31 Å². The van der Waals surface area contributed by atoms with Crippen LogP contribution in [0.25, 0.3) is 0 Å². The van der Waals surface area contributed by atoms with Gasteiger partial charge in [-0.25, -0.2) is 8.42 Å². The summed E-state index contributed by atoms with van der Waals surface area (Å²) in [5, 5.41) is 2.75. The molecule has 25 heavy (non-hydrogen) atoms. The van der Waals surface area contributed by atoms with Crippen LogP contribution in [-0.2, 0) is 21.4 Å². The number of rotatable bonds is 7. The maximum absolute atomic E-state index is 12.3.